The molecule has 9 nitrogen and oxygen atoms in total. The maximum Gasteiger partial charge on any atom is 0.224 e. The van der Waals surface area contributed by atoms with Gasteiger partial charge in [-0.15, -0.1) is 0 Å². The van der Waals surface area contributed by atoms with Gasteiger partial charge in [-0.1, -0.05) is 151 Å². The minimum atomic E-state index is -0.541. The first-order valence-corrected chi connectivity index (χ1v) is 23.2. The van der Waals surface area contributed by atoms with E-state index in [1.807, 2.05) is 36.4 Å². The number of anilines is 2. The number of carbonyl (C=O) groups is 2. The number of amides is 2. The van der Waals surface area contributed by atoms with Gasteiger partial charge in [-0.2, -0.15) is 0 Å². The summed E-state index contributed by atoms with van der Waals surface area (Å²) in [6.07, 6.45) is 16.4. The monoisotopic (exact) mass is 833 g/mol. The molecule has 2 amide bonds. The third kappa shape index (κ3) is 16.7. The van der Waals surface area contributed by atoms with Gasteiger partial charge in [0.05, 0.1) is 30.2 Å². The number of unbranched alkanes of at least 4 members (excludes halogenated alkanes) is 10. The van der Waals surface area contributed by atoms with Gasteiger partial charge in [0, 0.05) is 37.9 Å². The lowest BCUT2D eigenvalue weighted by Gasteiger charge is -2.38. The zero-order chi connectivity index (χ0) is 43.1. The Kier molecular flexibility index (Phi) is 20.8. The summed E-state index contributed by atoms with van der Waals surface area (Å²) in [6, 6.07) is 31.9. The molecule has 1 aliphatic rings. The summed E-state index contributed by atoms with van der Waals surface area (Å²) in [5.74, 6) is -0.264. The van der Waals surface area contributed by atoms with E-state index >= 15 is 0 Å². The first-order chi connectivity index (χ1) is 29.8. The molecular weight excluding hydrogens is 761 g/mol. The lowest BCUT2D eigenvalue weighted by molar-refractivity contribution is -0.253. The first kappa shape index (κ1) is 47.5. The van der Waals surface area contributed by atoms with Crippen LogP contribution in [-0.4, -0.2) is 47.6 Å². The maximum absolute atomic E-state index is 12.7. The van der Waals surface area contributed by atoms with Crippen molar-refractivity contribution in [1.29, 1.82) is 0 Å². The standard InChI is InChI=1S/C52H72N4O5/c1-3-5-7-9-11-15-32-56(33-16-12-10-8-6-4-2)38-46-36-49(42-30-28-40(39-57)29-31-42)61-52(60-46)45-23-18-22-44(35-45)43-21-17-20-41(34-43)37-54-50(58)26-19-27-51(59)55-48-25-14-13-24-47(48)53/h13-14,17-18,20-25,28-31,34-35,46,49,52,57H,3-12,15-16,19,26-27,32-33,36-39,53H2,1-2H3,(H,54,58)(H,55,59)/t46-,49+,52+/m0/s1. The first-order valence-electron chi connectivity index (χ1n) is 23.2. The molecule has 1 fully saturated rings. The molecule has 1 saturated heterocycles. The number of ether oxygens (including phenoxy) is 2. The lowest BCUT2D eigenvalue weighted by Crippen LogP contribution is -2.40. The van der Waals surface area contributed by atoms with E-state index in [1.165, 1.54) is 77.0 Å². The van der Waals surface area contributed by atoms with Crippen molar-refractivity contribution in [2.45, 2.75) is 148 Å². The summed E-state index contributed by atoms with van der Waals surface area (Å²) in [5.41, 5.74) is 13.0. The molecule has 5 rings (SSSR count). The van der Waals surface area contributed by atoms with Gasteiger partial charge in [-0.05, 0) is 84.4 Å². The van der Waals surface area contributed by atoms with Crippen LogP contribution < -0.4 is 16.4 Å². The smallest absolute Gasteiger partial charge is 0.224 e. The Morgan fingerprint density at radius 2 is 1.31 bits per heavy atom. The van der Waals surface area contributed by atoms with Gasteiger partial charge >= 0.3 is 0 Å². The second kappa shape index (κ2) is 26.7. The van der Waals surface area contributed by atoms with E-state index in [0.29, 0.717) is 24.3 Å². The van der Waals surface area contributed by atoms with Gasteiger partial charge in [0.1, 0.15) is 0 Å². The second-order valence-corrected chi connectivity index (χ2v) is 16.8. The fraction of sp³-hybridized carbons (Fsp3) is 0.500. The van der Waals surface area contributed by atoms with E-state index in [1.54, 1.807) is 12.1 Å². The molecule has 61 heavy (non-hydrogen) atoms. The van der Waals surface area contributed by atoms with E-state index in [-0.39, 0.29) is 43.5 Å². The minimum Gasteiger partial charge on any atom is -0.397 e. The fourth-order valence-corrected chi connectivity index (χ4v) is 8.09. The Balaban J connectivity index is 1.22. The van der Waals surface area contributed by atoms with Crippen LogP contribution in [-0.2, 0) is 32.2 Å². The minimum absolute atomic E-state index is 0.00547. The van der Waals surface area contributed by atoms with E-state index in [2.05, 4.69) is 77.9 Å². The van der Waals surface area contributed by atoms with E-state index in [4.69, 9.17) is 15.2 Å². The molecule has 1 aliphatic heterocycles. The van der Waals surface area contributed by atoms with Crippen LogP contribution in [0.2, 0.25) is 0 Å². The van der Waals surface area contributed by atoms with E-state index in [9.17, 15) is 14.7 Å². The lowest BCUT2D eigenvalue weighted by atomic mass is 9.98. The third-order valence-corrected chi connectivity index (χ3v) is 11.7. The summed E-state index contributed by atoms with van der Waals surface area (Å²) >= 11 is 0. The molecule has 0 unspecified atom stereocenters. The number of nitrogens with two attached hydrogens (primary N) is 1. The van der Waals surface area contributed by atoms with Crippen molar-refractivity contribution in [3.8, 4) is 11.1 Å². The van der Waals surface area contributed by atoms with Crippen molar-refractivity contribution in [3.63, 3.8) is 0 Å². The molecule has 3 atom stereocenters. The fourth-order valence-electron chi connectivity index (χ4n) is 8.09. The molecule has 0 saturated carbocycles. The van der Waals surface area contributed by atoms with Crippen molar-refractivity contribution in [2.24, 2.45) is 0 Å². The van der Waals surface area contributed by atoms with Crippen LogP contribution in [0.4, 0.5) is 11.4 Å². The highest BCUT2D eigenvalue weighted by molar-refractivity contribution is 5.94. The quantitative estimate of drug-likeness (QED) is 0.0348. The molecule has 4 aromatic carbocycles. The Labute approximate surface area is 365 Å². The predicted molar refractivity (Wildman–Crippen MR) is 249 cm³/mol. The van der Waals surface area contributed by atoms with Crippen LogP contribution in [0.25, 0.3) is 11.1 Å². The average molecular weight is 833 g/mol. The predicted octanol–water partition coefficient (Wildman–Crippen LogP) is 11.4. The molecule has 0 spiro atoms. The van der Waals surface area contributed by atoms with Crippen LogP contribution in [0.15, 0.2) is 97.1 Å². The largest absolute Gasteiger partial charge is 0.397 e. The van der Waals surface area contributed by atoms with Gasteiger partial charge in [-0.25, -0.2) is 0 Å². The molecule has 1 heterocycles. The number of benzene rings is 4. The molecular formula is C52H72N4O5. The average Bonchev–Trinajstić information content (AvgIpc) is 3.28. The number of nitrogens with zero attached hydrogens (tertiary/aromatic N) is 1. The van der Waals surface area contributed by atoms with Crippen LogP contribution in [0.1, 0.15) is 151 Å². The third-order valence-electron chi connectivity index (χ3n) is 11.7. The highest BCUT2D eigenvalue weighted by atomic mass is 16.7. The highest BCUT2D eigenvalue weighted by Crippen LogP contribution is 2.39. The van der Waals surface area contributed by atoms with E-state index in [0.717, 1.165) is 59.4 Å². The molecule has 0 bridgehead atoms. The number of hydrogen-bond donors (Lipinski definition) is 4. The molecule has 4 aromatic rings. The normalized spacial score (nSPS) is 16.4. The summed E-state index contributed by atoms with van der Waals surface area (Å²) in [6.45, 7) is 8.01. The number of nitrogen functional groups attached to an aromatic ring is 1. The zero-order valence-corrected chi connectivity index (χ0v) is 36.9. The van der Waals surface area contributed by atoms with Crippen molar-refractivity contribution < 1.29 is 24.2 Å². The number of rotatable bonds is 27. The van der Waals surface area contributed by atoms with Crippen LogP contribution in [0.5, 0.6) is 0 Å². The number of hydrogen-bond acceptors (Lipinski definition) is 7. The maximum atomic E-state index is 12.7. The summed E-state index contributed by atoms with van der Waals surface area (Å²) in [5, 5.41) is 15.6. The Bertz CT molecular complexity index is 1870. The van der Waals surface area contributed by atoms with E-state index < -0.39 is 6.29 Å². The number of aliphatic hydroxyl groups is 1. The summed E-state index contributed by atoms with van der Waals surface area (Å²) < 4.78 is 13.7. The van der Waals surface area contributed by atoms with Gasteiger partial charge in [0.2, 0.25) is 11.8 Å². The molecule has 0 aliphatic carbocycles. The number of carbonyl (C=O) groups excluding carboxylic acids is 2. The van der Waals surface area contributed by atoms with Gasteiger partial charge in [0.25, 0.3) is 0 Å². The molecule has 0 aromatic heterocycles. The van der Waals surface area contributed by atoms with Crippen LogP contribution >= 0.6 is 0 Å². The number of nitrogens with one attached hydrogen (secondary N) is 2. The molecule has 5 N–H and O–H groups in total. The Hall–Kier alpha value is -4.54. The summed E-state index contributed by atoms with van der Waals surface area (Å²) in [4.78, 5) is 27.8. The second-order valence-electron chi connectivity index (χ2n) is 16.8. The SMILES string of the molecule is CCCCCCCCN(CCCCCCCC)C[C@@H]1C[C@H](c2ccc(CO)cc2)O[C@H](c2cccc(-c3cccc(CNC(=O)CCCC(=O)Nc4ccccc4N)c3)c2)O1. The number of aliphatic hydroxyl groups excluding tert-OH is 1. The van der Waals surface area contributed by atoms with Gasteiger partial charge < -0.3 is 35.8 Å². The molecule has 330 valence electrons. The molecule has 9 heteroatoms. The van der Waals surface area contributed by atoms with Crippen LogP contribution in [0, 0.1) is 0 Å². The van der Waals surface area contributed by atoms with Crippen molar-refractivity contribution in [3.05, 3.63) is 119 Å². The van der Waals surface area contributed by atoms with Gasteiger partial charge in [0.15, 0.2) is 6.29 Å². The Morgan fingerprint density at radius 1 is 0.672 bits per heavy atom. The number of para-hydroxylation sites is 2. The van der Waals surface area contributed by atoms with Gasteiger partial charge in [-0.3, -0.25) is 9.59 Å². The van der Waals surface area contributed by atoms with Crippen molar-refractivity contribution >= 4 is 23.2 Å². The van der Waals surface area contributed by atoms with Crippen molar-refractivity contribution in [1.82, 2.24) is 10.2 Å². The zero-order valence-electron chi connectivity index (χ0n) is 36.9. The highest BCUT2D eigenvalue weighted by Gasteiger charge is 2.33. The van der Waals surface area contributed by atoms with Crippen molar-refractivity contribution in [2.75, 3.05) is 30.7 Å². The summed E-state index contributed by atoms with van der Waals surface area (Å²) in [7, 11) is 0. The molecule has 0 radical (unpaired) electrons. The van der Waals surface area contributed by atoms with Crippen LogP contribution in [0.3, 0.4) is 0 Å². The Morgan fingerprint density at radius 3 is 2.00 bits per heavy atom. The topological polar surface area (TPSA) is 126 Å².